The third kappa shape index (κ3) is 6.12. The molecule has 1 unspecified atom stereocenters. The molecule has 1 N–H and O–H groups in total. The molecule has 0 bridgehead atoms. The lowest BCUT2D eigenvalue weighted by Gasteiger charge is -2.17. The van der Waals surface area contributed by atoms with E-state index < -0.39 is 5.30 Å². The van der Waals surface area contributed by atoms with Crippen LogP contribution in [0.15, 0.2) is 40.7 Å². The van der Waals surface area contributed by atoms with E-state index in [9.17, 15) is 14.4 Å². The van der Waals surface area contributed by atoms with Crippen LogP contribution in [0.4, 0.5) is 4.79 Å². The van der Waals surface area contributed by atoms with E-state index in [4.69, 9.17) is 4.74 Å². The fourth-order valence-electron chi connectivity index (χ4n) is 4.16. The van der Waals surface area contributed by atoms with Crippen LogP contribution < -0.4 is 5.32 Å². The van der Waals surface area contributed by atoms with Gasteiger partial charge in [-0.25, -0.2) is 9.78 Å². The van der Waals surface area contributed by atoms with Gasteiger partial charge in [0.05, 0.1) is 5.57 Å². The van der Waals surface area contributed by atoms with Gasteiger partial charge in [-0.1, -0.05) is 24.6 Å². The molecule has 1 aromatic heterocycles. The molecule has 174 valence electrons. The van der Waals surface area contributed by atoms with Crippen molar-refractivity contribution in [3.63, 3.8) is 0 Å². The number of ketones is 1. The number of pyridine rings is 1. The fraction of sp³-hybridized carbons (Fsp3) is 0.360. The summed E-state index contributed by atoms with van der Waals surface area (Å²) in [6.07, 6.45) is 2.28. The van der Waals surface area contributed by atoms with Crippen LogP contribution in [0.2, 0.25) is 0 Å². The first kappa shape index (κ1) is 25.2. The number of nitrogens with zero attached hydrogens (tertiary/aromatic N) is 1. The molecule has 1 heterocycles. The van der Waals surface area contributed by atoms with Crippen LogP contribution in [0, 0.1) is 26.7 Å². The number of benzene rings is 1. The molecule has 2 aromatic rings. The molecule has 0 saturated carbocycles. The van der Waals surface area contributed by atoms with Gasteiger partial charge < -0.3 is 10.1 Å². The normalized spacial score (nSPS) is 15.7. The van der Waals surface area contributed by atoms with Gasteiger partial charge >= 0.3 is 5.30 Å². The predicted octanol–water partition coefficient (Wildman–Crippen LogP) is 5.78. The maximum Gasteiger partial charge on any atom is 0.372 e. The number of nitrogens with one attached hydrogen (secondary N) is 1. The predicted molar refractivity (Wildman–Crippen MR) is 134 cm³/mol. The lowest BCUT2D eigenvalue weighted by molar-refractivity contribution is -0.113. The van der Waals surface area contributed by atoms with Crippen LogP contribution in [0.25, 0.3) is 5.57 Å². The molecule has 1 aromatic carbocycles. The summed E-state index contributed by atoms with van der Waals surface area (Å²) >= 11 is 4.37. The topological polar surface area (TPSA) is 85.4 Å². The van der Waals surface area contributed by atoms with Crippen LogP contribution in [-0.4, -0.2) is 34.3 Å². The number of thioether (sulfide) groups is 1. The minimum atomic E-state index is -0.421. The molecule has 3 rings (SSSR count). The molecule has 1 amide bonds. The first-order valence-corrected chi connectivity index (χ1v) is 12.6. The summed E-state index contributed by atoms with van der Waals surface area (Å²) in [6.45, 7) is 8.15. The van der Waals surface area contributed by atoms with Gasteiger partial charge in [0.1, 0.15) is 11.5 Å². The van der Waals surface area contributed by atoms with Crippen molar-refractivity contribution in [2.45, 2.75) is 40.5 Å². The SMILES string of the molecule is CCSC(=O)OC1=C(c2c(C)cc(C)cc2C)C(=O)CC1CCNC(=O)c1ccc(Br)cn1. The number of aryl methyl sites for hydroxylation is 3. The number of hydrogen-bond acceptors (Lipinski definition) is 6. The standard InChI is InChI=1S/C25H27BrN2O4S/c1-5-33-25(31)32-23-17(8-9-27-24(30)19-7-6-18(26)13-28-19)12-20(29)22(23)21-15(3)10-14(2)11-16(21)4/h6-7,10-11,13,17H,5,8-9,12H2,1-4H3,(H,27,30). The van der Waals surface area contributed by atoms with Gasteiger partial charge in [0.25, 0.3) is 5.91 Å². The average molecular weight is 531 g/mol. The van der Waals surface area contributed by atoms with Crippen molar-refractivity contribution < 1.29 is 19.1 Å². The molecule has 8 heteroatoms. The summed E-state index contributed by atoms with van der Waals surface area (Å²) in [6, 6.07) is 7.44. The Morgan fingerprint density at radius 2 is 1.91 bits per heavy atom. The first-order chi connectivity index (χ1) is 15.7. The zero-order chi connectivity index (χ0) is 24.1. The Kier molecular flexibility index (Phi) is 8.48. The van der Waals surface area contributed by atoms with Crippen molar-refractivity contribution in [1.82, 2.24) is 10.3 Å². The zero-order valence-corrected chi connectivity index (χ0v) is 21.6. The van der Waals surface area contributed by atoms with Crippen LogP contribution in [0.3, 0.4) is 0 Å². The second-order valence-electron chi connectivity index (χ2n) is 8.03. The minimum Gasteiger partial charge on any atom is -0.422 e. The summed E-state index contributed by atoms with van der Waals surface area (Å²) < 4.78 is 6.54. The smallest absolute Gasteiger partial charge is 0.372 e. The molecule has 0 aliphatic heterocycles. The Balaban J connectivity index is 1.84. The maximum absolute atomic E-state index is 13.1. The number of hydrogen-bond donors (Lipinski definition) is 1. The van der Waals surface area contributed by atoms with Crippen molar-refractivity contribution in [3.05, 3.63) is 68.6 Å². The number of halogens is 1. The number of ether oxygens (including phenoxy) is 1. The highest BCUT2D eigenvalue weighted by Gasteiger charge is 2.37. The third-order valence-electron chi connectivity index (χ3n) is 5.45. The van der Waals surface area contributed by atoms with Crippen molar-refractivity contribution in [2.75, 3.05) is 12.3 Å². The molecule has 6 nitrogen and oxygen atoms in total. The first-order valence-electron chi connectivity index (χ1n) is 10.8. The summed E-state index contributed by atoms with van der Waals surface area (Å²) in [4.78, 5) is 42.0. The molecule has 1 aliphatic carbocycles. The van der Waals surface area contributed by atoms with E-state index in [1.165, 1.54) is 0 Å². The maximum atomic E-state index is 13.1. The van der Waals surface area contributed by atoms with E-state index in [1.807, 2.05) is 39.8 Å². The van der Waals surface area contributed by atoms with Crippen LogP contribution in [0.1, 0.15) is 52.5 Å². The molecule has 33 heavy (non-hydrogen) atoms. The van der Waals surface area contributed by atoms with Crippen molar-refractivity contribution in [1.29, 1.82) is 0 Å². The molecule has 0 spiro atoms. The largest absolute Gasteiger partial charge is 0.422 e. The molecule has 0 radical (unpaired) electrons. The van der Waals surface area contributed by atoms with Gasteiger partial charge in [0.15, 0.2) is 5.78 Å². The number of amides is 1. The highest BCUT2D eigenvalue weighted by Crippen LogP contribution is 2.41. The van der Waals surface area contributed by atoms with Crippen molar-refractivity contribution in [3.8, 4) is 0 Å². The Bertz CT molecular complexity index is 1090. The van der Waals surface area contributed by atoms with Gasteiger partial charge in [-0.3, -0.25) is 9.59 Å². The van der Waals surface area contributed by atoms with Crippen LogP contribution in [0.5, 0.6) is 0 Å². The minimum absolute atomic E-state index is 0.0414. The zero-order valence-electron chi connectivity index (χ0n) is 19.2. The summed E-state index contributed by atoms with van der Waals surface area (Å²) in [5, 5.41) is 2.43. The number of rotatable bonds is 7. The van der Waals surface area contributed by atoms with E-state index in [-0.39, 0.29) is 24.0 Å². The summed E-state index contributed by atoms with van der Waals surface area (Å²) in [5.74, 6) is 0.379. The monoisotopic (exact) mass is 530 g/mol. The van der Waals surface area contributed by atoms with Crippen LogP contribution in [-0.2, 0) is 9.53 Å². The Morgan fingerprint density at radius 3 is 2.52 bits per heavy atom. The number of carbonyl (C=O) groups is 3. The number of Topliss-reactive ketones (excluding diaryl/α,β-unsaturated/α-hetero) is 1. The van der Waals surface area contributed by atoms with E-state index in [0.717, 1.165) is 38.5 Å². The molecular formula is C25H27BrN2O4S. The molecule has 0 saturated heterocycles. The highest BCUT2D eigenvalue weighted by molar-refractivity contribution is 9.10. The Morgan fingerprint density at radius 1 is 1.21 bits per heavy atom. The molecular weight excluding hydrogens is 504 g/mol. The highest BCUT2D eigenvalue weighted by atomic mass is 79.9. The van der Waals surface area contributed by atoms with Crippen molar-refractivity contribution in [2.24, 2.45) is 5.92 Å². The van der Waals surface area contributed by atoms with E-state index in [1.54, 1.807) is 18.3 Å². The Labute approximate surface area is 206 Å². The Hall–Kier alpha value is -2.45. The third-order valence-corrected chi connectivity index (χ3v) is 6.53. The number of allylic oxidation sites excluding steroid dienone is 2. The second kappa shape index (κ2) is 11.1. The van der Waals surface area contributed by atoms with Gasteiger partial charge in [0.2, 0.25) is 0 Å². The van der Waals surface area contributed by atoms with Crippen LogP contribution >= 0.6 is 27.7 Å². The molecule has 0 fully saturated rings. The lowest BCUT2D eigenvalue weighted by atomic mass is 9.92. The molecule has 1 aliphatic rings. The average Bonchev–Trinajstić information content (AvgIpc) is 3.03. The van der Waals surface area contributed by atoms with Gasteiger partial charge in [0, 0.05) is 35.3 Å². The van der Waals surface area contributed by atoms with E-state index >= 15 is 0 Å². The summed E-state index contributed by atoms with van der Waals surface area (Å²) in [5.41, 5.74) is 4.70. The van der Waals surface area contributed by atoms with Gasteiger partial charge in [-0.15, -0.1) is 0 Å². The number of aromatic nitrogens is 1. The van der Waals surface area contributed by atoms with E-state index in [2.05, 4.69) is 26.2 Å². The number of carbonyl (C=O) groups excluding carboxylic acids is 3. The quantitative estimate of drug-likeness (QED) is 0.456. The van der Waals surface area contributed by atoms with Gasteiger partial charge in [-0.2, -0.15) is 0 Å². The van der Waals surface area contributed by atoms with Crippen molar-refractivity contribution >= 4 is 50.3 Å². The van der Waals surface area contributed by atoms with E-state index in [0.29, 0.717) is 35.7 Å². The summed E-state index contributed by atoms with van der Waals surface area (Å²) in [7, 11) is 0. The lowest BCUT2D eigenvalue weighted by Crippen LogP contribution is -2.27. The van der Waals surface area contributed by atoms with Gasteiger partial charge in [-0.05, 0) is 83.7 Å². The molecule has 1 atom stereocenters. The second-order valence-corrected chi connectivity index (χ2v) is 10.1. The fourth-order valence-corrected chi connectivity index (χ4v) is 4.78.